The zero-order chi connectivity index (χ0) is 11.4. The van der Waals surface area contributed by atoms with Crippen LogP contribution in [0.2, 0.25) is 0 Å². The number of rotatable bonds is 3. The third kappa shape index (κ3) is 2.38. The molecule has 1 aromatic heterocycles. The van der Waals surface area contributed by atoms with Gasteiger partial charge in [-0.3, -0.25) is 0 Å². The molecular weight excluding hydrogens is 224 g/mol. The molecule has 0 fully saturated rings. The fourth-order valence-electron chi connectivity index (χ4n) is 1.20. The van der Waals surface area contributed by atoms with Gasteiger partial charge in [-0.15, -0.1) is 0 Å². The van der Waals surface area contributed by atoms with E-state index in [1.54, 1.807) is 6.08 Å². The number of benzene rings is 1. The van der Waals surface area contributed by atoms with E-state index in [1.165, 1.54) is 18.7 Å². The number of imidazole rings is 1. The van der Waals surface area contributed by atoms with Crippen LogP contribution in [0.1, 0.15) is 5.56 Å². The van der Waals surface area contributed by atoms with Gasteiger partial charge in [0.15, 0.2) is 0 Å². The summed E-state index contributed by atoms with van der Waals surface area (Å²) in [5, 5.41) is 1.16. The lowest BCUT2D eigenvalue weighted by Crippen LogP contribution is -2.05. The maximum atomic E-state index is 11.7. The summed E-state index contributed by atoms with van der Waals surface area (Å²) in [6.07, 6.45) is 5.62. The van der Waals surface area contributed by atoms with E-state index in [-0.39, 0.29) is 0 Å². The first-order chi connectivity index (χ1) is 7.68. The molecule has 1 aromatic carbocycles. The second-order valence-corrected chi connectivity index (χ2v) is 4.87. The molecule has 82 valence electrons. The molecule has 16 heavy (non-hydrogen) atoms. The average Bonchev–Trinajstić information content (AvgIpc) is 2.82. The number of nitrogens with zero attached hydrogens (tertiary/aromatic N) is 2. The summed E-state index contributed by atoms with van der Waals surface area (Å²) >= 11 is 0. The maximum Gasteiger partial charge on any atom is 0.262 e. The second kappa shape index (κ2) is 4.32. The molecule has 0 atom stereocenters. The standard InChI is InChI=1S/C11H10N2O2S/c14-16(15,13-8-7-12-10-13)9-6-11-4-2-1-3-5-11/h1-10H/b9-6+. The van der Waals surface area contributed by atoms with E-state index in [9.17, 15) is 8.42 Å². The molecule has 0 aliphatic carbocycles. The van der Waals surface area contributed by atoms with Crippen LogP contribution in [0.15, 0.2) is 54.5 Å². The summed E-state index contributed by atoms with van der Waals surface area (Å²) < 4.78 is 24.5. The Labute approximate surface area is 93.9 Å². The Morgan fingerprint density at radius 2 is 1.94 bits per heavy atom. The molecule has 0 aliphatic heterocycles. The maximum absolute atomic E-state index is 11.7. The van der Waals surface area contributed by atoms with Crippen molar-refractivity contribution in [3.63, 3.8) is 0 Å². The lowest BCUT2D eigenvalue weighted by molar-refractivity contribution is 0.596. The van der Waals surface area contributed by atoms with Crippen LogP contribution in [0, 0.1) is 0 Å². The van der Waals surface area contributed by atoms with Crippen molar-refractivity contribution in [2.75, 3.05) is 0 Å². The van der Waals surface area contributed by atoms with Crippen LogP contribution in [0.4, 0.5) is 0 Å². The molecular formula is C11H10N2O2S. The molecule has 2 rings (SSSR count). The molecule has 5 heteroatoms. The zero-order valence-corrected chi connectivity index (χ0v) is 9.21. The van der Waals surface area contributed by atoms with Crippen LogP contribution in [0.5, 0.6) is 0 Å². The fraction of sp³-hybridized carbons (Fsp3) is 0. The van der Waals surface area contributed by atoms with E-state index in [1.807, 2.05) is 30.3 Å². The normalized spacial score (nSPS) is 12.0. The molecule has 0 radical (unpaired) electrons. The molecule has 0 N–H and O–H groups in total. The molecule has 1 heterocycles. The molecule has 0 saturated carbocycles. The van der Waals surface area contributed by atoms with Crippen molar-refractivity contribution >= 4 is 16.1 Å². The van der Waals surface area contributed by atoms with Gasteiger partial charge in [-0.2, -0.15) is 0 Å². The van der Waals surface area contributed by atoms with E-state index in [0.29, 0.717) is 0 Å². The highest BCUT2D eigenvalue weighted by Crippen LogP contribution is 2.05. The summed E-state index contributed by atoms with van der Waals surface area (Å²) in [7, 11) is -3.44. The Hall–Kier alpha value is -1.88. The van der Waals surface area contributed by atoms with Crippen LogP contribution in [0.25, 0.3) is 6.08 Å². The molecule has 0 amide bonds. The van der Waals surface area contributed by atoms with Crippen molar-refractivity contribution in [3.05, 3.63) is 60.0 Å². The van der Waals surface area contributed by atoms with Crippen LogP contribution >= 0.6 is 0 Å². The highest BCUT2D eigenvalue weighted by molar-refractivity contribution is 7.92. The third-order valence-electron chi connectivity index (χ3n) is 2.01. The van der Waals surface area contributed by atoms with Gasteiger partial charge in [0.1, 0.15) is 6.33 Å². The molecule has 0 bridgehead atoms. The minimum absolute atomic E-state index is 0.839. The highest BCUT2D eigenvalue weighted by atomic mass is 32.2. The van der Waals surface area contributed by atoms with Crippen LogP contribution in [-0.4, -0.2) is 17.4 Å². The Morgan fingerprint density at radius 3 is 2.56 bits per heavy atom. The van der Waals surface area contributed by atoms with E-state index in [4.69, 9.17) is 0 Å². The smallest absolute Gasteiger partial charge is 0.244 e. The van der Waals surface area contributed by atoms with Crippen molar-refractivity contribution in [1.82, 2.24) is 8.96 Å². The van der Waals surface area contributed by atoms with Gasteiger partial charge in [0, 0.05) is 12.4 Å². The minimum Gasteiger partial charge on any atom is -0.244 e. The monoisotopic (exact) mass is 234 g/mol. The number of aromatic nitrogens is 2. The van der Waals surface area contributed by atoms with Gasteiger partial charge in [-0.25, -0.2) is 17.4 Å². The van der Waals surface area contributed by atoms with Gasteiger partial charge < -0.3 is 0 Å². The van der Waals surface area contributed by atoms with Gasteiger partial charge in [0.2, 0.25) is 0 Å². The minimum atomic E-state index is -3.44. The van der Waals surface area contributed by atoms with Crippen molar-refractivity contribution in [2.24, 2.45) is 0 Å². The van der Waals surface area contributed by atoms with E-state index in [2.05, 4.69) is 4.98 Å². The van der Waals surface area contributed by atoms with Crippen molar-refractivity contribution in [1.29, 1.82) is 0 Å². The Morgan fingerprint density at radius 1 is 1.19 bits per heavy atom. The second-order valence-electron chi connectivity index (χ2n) is 3.15. The van der Waals surface area contributed by atoms with E-state index >= 15 is 0 Å². The Balaban J connectivity index is 2.26. The zero-order valence-electron chi connectivity index (χ0n) is 8.39. The lowest BCUT2D eigenvalue weighted by atomic mass is 10.2. The van der Waals surface area contributed by atoms with E-state index < -0.39 is 10.0 Å². The number of hydrogen-bond donors (Lipinski definition) is 0. The molecule has 0 unspecified atom stereocenters. The van der Waals surface area contributed by atoms with E-state index in [0.717, 1.165) is 14.9 Å². The fourth-order valence-corrected chi connectivity index (χ4v) is 2.08. The highest BCUT2D eigenvalue weighted by Gasteiger charge is 2.06. The predicted octanol–water partition coefficient (Wildman–Crippen LogP) is 1.73. The molecule has 0 saturated heterocycles. The number of hydrogen-bond acceptors (Lipinski definition) is 3. The first-order valence-corrected chi connectivity index (χ1v) is 6.15. The molecule has 2 aromatic rings. The van der Waals surface area contributed by atoms with Crippen molar-refractivity contribution < 1.29 is 8.42 Å². The largest absolute Gasteiger partial charge is 0.262 e. The molecule has 0 spiro atoms. The van der Waals surface area contributed by atoms with Crippen LogP contribution in [-0.2, 0) is 10.0 Å². The van der Waals surface area contributed by atoms with Crippen LogP contribution in [0.3, 0.4) is 0 Å². The summed E-state index contributed by atoms with van der Waals surface area (Å²) in [4.78, 5) is 3.69. The summed E-state index contributed by atoms with van der Waals surface area (Å²) in [5.41, 5.74) is 0.839. The van der Waals surface area contributed by atoms with Gasteiger partial charge >= 0.3 is 0 Å². The summed E-state index contributed by atoms with van der Waals surface area (Å²) in [5.74, 6) is 0. The Bertz CT molecular complexity index is 572. The topological polar surface area (TPSA) is 52.0 Å². The predicted molar refractivity (Wildman–Crippen MR) is 62.0 cm³/mol. The quantitative estimate of drug-likeness (QED) is 0.812. The van der Waals surface area contributed by atoms with Crippen LogP contribution < -0.4 is 0 Å². The van der Waals surface area contributed by atoms with Gasteiger partial charge in [-0.05, 0) is 11.6 Å². The molecule has 0 aliphatic rings. The first kappa shape index (κ1) is 10.6. The average molecular weight is 234 g/mol. The van der Waals surface area contributed by atoms with Crippen molar-refractivity contribution in [2.45, 2.75) is 0 Å². The SMILES string of the molecule is O=S(=O)(/C=C/c1ccccc1)n1ccnc1. The Kier molecular flexibility index (Phi) is 2.87. The third-order valence-corrected chi connectivity index (χ3v) is 3.29. The first-order valence-electron chi connectivity index (χ1n) is 4.65. The summed E-state index contributed by atoms with van der Waals surface area (Å²) in [6, 6.07) is 9.24. The van der Waals surface area contributed by atoms with Crippen molar-refractivity contribution in [3.8, 4) is 0 Å². The lowest BCUT2D eigenvalue weighted by Gasteiger charge is -1.97. The summed E-state index contributed by atoms with van der Waals surface area (Å²) in [6.45, 7) is 0. The van der Waals surface area contributed by atoms with Gasteiger partial charge in [-0.1, -0.05) is 30.3 Å². The van der Waals surface area contributed by atoms with Gasteiger partial charge in [0.25, 0.3) is 10.0 Å². The van der Waals surface area contributed by atoms with Gasteiger partial charge in [0.05, 0.1) is 5.41 Å². The molecule has 4 nitrogen and oxygen atoms in total.